The van der Waals surface area contributed by atoms with Gasteiger partial charge in [-0.15, -0.1) is 0 Å². The first-order valence-electron chi connectivity index (χ1n) is 6.64. The van der Waals surface area contributed by atoms with Gasteiger partial charge < -0.3 is 5.73 Å². The molecule has 0 aliphatic heterocycles. The molecular formula is C15H23N. The van der Waals surface area contributed by atoms with Crippen molar-refractivity contribution in [2.45, 2.75) is 51.0 Å². The third kappa shape index (κ3) is 3.64. The number of hydrogen-bond donors (Lipinski definition) is 1. The molecule has 0 radical (unpaired) electrons. The summed E-state index contributed by atoms with van der Waals surface area (Å²) in [4.78, 5) is 0. The van der Waals surface area contributed by atoms with Crippen LogP contribution < -0.4 is 5.73 Å². The van der Waals surface area contributed by atoms with Crippen LogP contribution in [0.3, 0.4) is 0 Å². The maximum absolute atomic E-state index is 6.18. The van der Waals surface area contributed by atoms with Crippen molar-refractivity contribution in [1.29, 1.82) is 0 Å². The Hall–Kier alpha value is -0.820. The average Bonchev–Trinajstić information content (AvgIpc) is 2.81. The second-order valence-electron chi connectivity index (χ2n) is 5.18. The Bertz CT molecular complexity index is 288. The van der Waals surface area contributed by atoms with Gasteiger partial charge in [0.2, 0.25) is 0 Å². The van der Waals surface area contributed by atoms with Crippen LogP contribution in [0.25, 0.3) is 0 Å². The molecule has 1 saturated carbocycles. The van der Waals surface area contributed by atoms with Crippen LogP contribution in [0, 0.1) is 5.92 Å². The molecule has 0 bridgehead atoms. The van der Waals surface area contributed by atoms with Crippen LogP contribution in [0.2, 0.25) is 0 Å². The van der Waals surface area contributed by atoms with E-state index in [9.17, 15) is 0 Å². The minimum absolute atomic E-state index is 0.350. The Morgan fingerprint density at radius 1 is 1.12 bits per heavy atom. The maximum Gasteiger partial charge on any atom is 0.00794 e. The number of rotatable bonds is 5. The van der Waals surface area contributed by atoms with Gasteiger partial charge in [0, 0.05) is 6.04 Å². The molecule has 1 atom stereocenters. The van der Waals surface area contributed by atoms with Crippen molar-refractivity contribution in [2.75, 3.05) is 0 Å². The molecule has 2 N–H and O–H groups in total. The molecule has 1 aromatic carbocycles. The van der Waals surface area contributed by atoms with E-state index in [4.69, 9.17) is 5.73 Å². The van der Waals surface area contributed by atoms with Crippen molar-refractivity contribution in [3.05, 3.63) is 35.9 Å². The van der Waals surface area contributed by atoms with Crippen LogP contribution >= 0.6 is 0 Å². The molecule has 0 heterocycles. The van der Waals surface area contributed by atoms with Crippen LogP contribution in [0.1, 0.15) is 44.1 Å². The van der Waals surface area contributed by atoms with E-state index in [1.54, 1.807) is 0 Å². The first-order valence-corrected chi connectivity index (χ1v) is 6.64. The average molecular weight is 217 g/mol. The van der Waals surface area contributed by atoms with Crippen molar-refractivity contribution < 1.29 is 0 Å². The minimum Gasteiger partial charge on any atom is -0.327 e. The second kappa shape index (κ2) is 6.05. The molecule has 0 amide bonds. The molecule has 1 aliphatic rings. The van der Waals surface area contributed by atoms with Crippen LogP contribution in [-0.4, -0.2) is 6.04 Å². The summed E-state index contributed by atoms with van der Waals surface area (Å²) in [6.45, 7) is 0. The van der Waals surface area contributed by atoms with Gasteiger partial charge in [-0.25, -0.2) is 0 Å². The van der Waals surface area contributed by atoms with Gasteiger partial charge in [0.15, 0.2) is 0 Å². The van der Waals surface area contributed by atoms with E-state index in [1.807, 2.05) is 0 Å². The van der Waals surface area contributed by atoms with E-state index in [0.29, 0.717) is 6.04 Å². The molecule has 16 heavy (non-hydrogen) atoms. The van der Waals surface area contributed by atoms with E-state index in [-0.39, 0.29) is 0 Å². The number of benzene rings is 1. The lowest BCUT2D eigenvalue weighted by molar-refractivity contribution is 0.447. The topological polar surface area (TPSA) is 26.0 Å². The molecule has 1 unspecified atom stereocenters. The molecule has 88 valence electrons. The normalized spacial score (nSPS) is 18.8. The summed E-state index contributed by atoms with van der Waals surface area (Å²) < 4.78 is 0. The predicted molar refractivity (Wildman–Crippen MR) is 69.3 cm³/mol. The zero-order valence-electron chi connectivity index (χ0n) is 10.1. The quantitative estimate of drug-likeness (QED) is 0.802. The summed E-state index contributed by atoms with van der Waals surface area (Å²) in [6, 6.07) is 11.0. The van der Waals surface area contributed by atoms with Crippen molar-refractivity contribution in [3.63, 3.8) is 0 Å². The van der Waals surface area contributed by atoms with Gasteiger partial charge >= 0.3 is 0 Å². The Balaban J connectivity index is 1.69. The van der Waals surface area contributed by atoms with Crippen LogP contribution in [0.15, 0.2) is 30.3 Å². The van der Waals surface area contributed by atoms with Gasteiger partial charge in [0.1, 0.15) is 0 Å². The van der Waals surface area contributed by atoms with E-state index < -0.39 is 0 Å². The number of nitrogens with two attached hydrogens (primary N) is 1. The highest BCUT2D eigenvalue weighted by atomic mass is 14.6. The Morgan fingerprint density at radius 3 is 2.50 bits per heavy atom. The molecule has 0 saturated heterocycles. The molecule has 2 rings (SSSR count). The van der Waals surface area contributed by atoms with E-state index >= 15 is 0 Å². The molecule has 1 nitrogen and oxygen atoms in total. The zero-order chi connectivity index (χ0) is 11.2. The predicted octanol–water partition coefficient (Wildman–Crippen LogP) is 3.53. The second-order valence-corrected chi connectivity index (χ2v) is 5.18. The standard InChI is InChI=1S/C15H23N/c16-15(11-10-13-6-4-5-7-13)12-14-8-2-1-3-9-14/h1-3,8-9,13,15H,4-7,10-12,16H2. The smallest absolute Gasteiger partial charge is 0.00794 e. The fraction of sp³-hybridized carbons (Fsp3) is 0.600. The highest BCUT2D eigenvalue weighted by molar-refractivity contribution is 5.15. The lowest BCUT2D eigenvalue weighted by Crippen LogP contribution is -2.23. The molecular weight excluding hydrogens is 194 g/mol. The van der Waals surface area contributed by atoms with Crippen molar-refractivity contribution >= 4 is 0 Å². The SMILES string of the molecule is NC(CCC1CCCC1)Cc1ccccc1. The number of hydrogen-bond acceptors (Lipinski definition) is 1. The van der Waals surface area contributed by atoms with Crippen LogP contribution in [0.5, 0.6) is 0 Å². The van der Waals surface area contributed by atoms with Crippen LogP contribution in [0.4, 0.5) is 0 Å². The van der Waals surface area contributed by atoms with Crippen molar-refractivity contribution in [3.8, 4) is 0 Å². The molecule has 1 aliphatic carbocycles. The first kappa shape index (κ1) is 11.7. The molecule has 0 spiro atoms. The molecule has 1 fully saturated rings. The summed E-state index contributed by atoms with van der Waals surface area (Å²) in [5.41, 5.74) is 7.56. The lowest BCUT2D eigenvalue weighted by atomic mass is 9.96. The molecule has 0 aromatic heterocycles. The van der Waals surface area contributed by atoms with E-state index in [1.165, 1.54) is 44.1 Å². The van der Waals surface area contributed by atoms with Crippen LogP contribution in [-0.2, 0) is 6.42 Å². The minimum atomic E-state index is 0.350. The zero-order valence-corrected chi connectivity index (χ0v) is 10.1. The van der Waals surface area contributed by atoms with E-state index in [2.05, 4.69) is 30.3 Å². The first-order chi connectivity index (χ1) is 7.84. The van der Waals surface area contributed by atoms with Gasteiger partial charge in [-0.1, -0.05) is 56.0 Å². The molecule has 1 heteroatoms. The monoisotopic (exact) mass is 217 g/mol. The lowest BCUT2D eigenvalue weighted by Gasteiger charge is -2.14. The van der Waals surface area contributed by atoms with Crippen molar-refractivity contribution in [2.24, 2.45) is 11.7 Å². The Morgan fingerprint density at radius 2 is 1.81 bits per heavy atom. The highest BCUT2D eigenvalue weighted by Gasteiger charge is 2.15. The van der Waals surface area contributed by atoms with Gasteiger partial charge in [-0.2, -0.15) is 0 Å². The maximum atomic E-state index is 6.18. The van der Waals surface area contributed by atoms with Crippen molar-refractivity contribution in [1.82, 2.24) is 0 Å². The fourth-order valence-electron chi connectivity index (χ4n) is 2.77. The largest absolute Gasteiger partial charge is 0.327 e. The summed E-state index contributed by atoms with van der Waals surface area (Å²) in [5.74, 6) is 0.974. The van der Waals surface area contributed by atoms with E-state index in [0.717, 1.165) is 12.3 Å². The Kier molecular flexibility index (Phi) is 4.41. The van der Waals surface area contributed by atoms with Gasteiger partial charge in [0.05, 0.1) is 0 Å². The third-order valence-electron chi connectivity index (χ3n) is 3.76. The summed E-state index contributed by atoms with van der Waals surface area (Å²) >= 11 is 0. The Labute approximate surface area is 99.0 Å². The fourth-order valence-corrected chi connectivity index (χ4v) is 2.77. The molecule has 1 aromatic rings. The van der Waals surface area contributed by atoms with Gasteiger partial charge in [-0.05, 0) is 30.7 Å². The summed E-state index contributed by atoms with van der Waals surface area (Å²) in [6.07, 6.45) is 9.34. The summed E-state index contributed by atoms with van der Waals surface area (Å²) in [7, 11) is 0. The van der Waals surface area contributed by atoms with Gasteiger partial charge in [-0.3, -0.25) is 0 Å². The van der Waals surface area contributed by atoms with Gasteiger partial charge in [0.25, 0.3) is 0 Å². The highest BCUT2D eigenvalue weighted by Crippen LogP contribution is 2.28. The third-order valence-corrected chi connectivity index (χ3v) is 3.76. The summed E-state index contributed by atoms with van der Waals surface area (Å²) in [5, 5.41) is 0.